The van der Waals surface area contributed by atoms with Crippen molar-refractivity contribution in [2.75, 3.05) is 18.8 Å². The van der Waals surface area contributed by atoms with Gasteiger partial charge in [0.25, 0.3) is 5.91 Å². The summed E-state index contributed by atoms with van der Waals surface area (Å²) in [5.41, 5.74) is 3.22. The molecule has 2 saturated heterocycles. The van der Waals surface area contributed by atoms with Crippen LogP contribution in [-0.4, -0.2) is 55.5 Å². The topological polar surface area (TPSA) is 68.2 Å². The van der Waals surface area contributed by atoms with Gasteiger partial charge < -0.3 is 9.64 Å². The molecule has 0 saturated carbocycles. The highest BCUT2D eigenvalue weighted by Crippen LogP contribution is 2.46. The Balaban J connectivity index is 1.28. The van der Waals surface area contributed by atoms with Gasteiger partial charge in [-0.1, -0.05) is 6.07 Å². The number of carbonyl (C=O) groups is 1. The van der Waals surface area contributed by atoms with E-state index in [1.165, 1.54) is 0 Å². The lowest BCUT2D eigenvalue weighted by Crippen LogP contribution is -2.60. The summed E-state index contributed by atoms with van der Waals surface area (Å²) in [5.74, 6) is 0.940. The summed E-state index contributed by atoms with van der Waals surface area (Å²) in [4.78, 5) is 27.2. The first kappa shape index (κ1) is 17.4. The van der Waals surface area contributed by atoms with E-state index in [1.54, 1.807) is 12.4 Å². The van der Waals surface area contributed by atoms with Crippen molar-refractivity contribution in [2.24, 2.45) is 0 Å². The van der Waals surface area contributed by atoms with E-state index in [1.807, 2.05) is 48.7 Å². The number of nitrogens with zero attached hydrogens (tertiary/aromatic N) is 4. The first-order valence-corrected chi connectivity index (χ1v) is 9.78. The predicted octanol–water partition coefficient (Wildman–Crippen LogP) is 2.41. The highest BCUT2D eigenvalue weighted by Gasteiger charge is 2.51. The number of pyridine rings is 1. The van der Waals surface area contributed by atoms with Crippen LogP contribution in [0.5, 0.6) is 0 Å². The molecule has 1 unspecified atom stereocenters. The summed E-state index contributed by atoms with van der Waals surface area (Å²) >= 11 is 1.92. The van der Waals surface area contributed by atoms with Crippen LogP contribution in [0.25, 0.3) is 0 Å². The summed E-state index contributed by atoms with van der Waals surface area (Å²) in [6.07, 6.45) is 4.40. The SMILES string of the molecule is Cc1cnc(C(=O)N2CC3(CC(OCc4cccc(C)n4)CS3)C2)cn1. The number of rotatable bonds is 4. The minimum absolute atomic E-state index is 0.0305. The molecule has 2 fully saturated rings. The minimum atomic E-state index is -0.0305. The van der Waals surface area contributed by atoms with Gasteiger partial charge in [0, 0.05) is 30.7 Å². The van der Waals surface area contributed by atoms with Crippen LogP contribution in [0.3, 0.4) is 0 Å². The maximum Gasteiger partial charge on any atom is 0.274 e. The second kappa shape index (κ2) is 6.96. The molecule has 0 aliphatic carbocycles. The molecule has 2 aliphatic rings. The molecule has 26 heavy (non-hydrogen) atoms. The predicted molar refractivity (Wildman–Crippen MR) is 100 cm³/mol. The number of ether oxygens (including phenoxy) is 1. The van der Waals surface area contributed by atoms with Crippen LogP contribution < -0.4 is 0 Å². The average molecular weight is 370 g/mol. The molecular weight excluding hydrogens is 348 g/mol. The van der Waals surface area contributed by atoms with Gasteiger partial charge >= 0.3 is 0 Å². The van der Waals surface area contributed by atoms with Crippen molar-refractivity contribution >= 4 is 17.7 Å². The smallest absolute Gasteiger partial charge is 0.274 e. The van der Waals surface area contributed by atoms with E-state index in [4.69, 9.17) is 4.74 Å². The molecule has 7 heteroatoms. The minimum Gasteiger partial charge on any atom is -0.371 e. The Morgan fingerprint density at radius 1 is 1.27 bits per heavy atom. The quantitative estimate of drug-likeness (QED) is 0.823. The fourth-order valence-corrected chi connectivity index (χ4v) is 5.02. The Kier molecular flexibility index (Phi) is 4.67. The standard InChI is InChI=1S/C19H22N4O2S/c1-13-4-3-5-15(22-13)9-25-16-6-19(26-10-16)11-23(12-19)18(24)17-8-20-14(2)7-21-17/h3-5,7-8,16H,6,9-12H2,1-2H3. The summed E-state index contributed by atoms with van der Waals surface area (Å²) in [7, 11) is 0. The highest BCUT2D eigenvalue weighted by molar-refractivity contribution is 8.01. The molecule has 1 amide bonds. The van der Waals surface area contributed by atoms with Crippen LogP contribution in [-0.2, 0) is 11.3 Å². The van der Waals surface area contributed by atoms with Crippen molar-refractivity contribution in [3.8, 4) is 0 Å². The number of hydrogen-bond donors (Lipinski definition) is 0. The maximum atomic E-state index is 12.5. The molecule has 2 aromatic heterocycles. The van der Waals surface area contributed by atoms with Crippen LogP contribution in [0.4, 0.5) is 0 Å². The van der Waals surface area contributed by atoms with Gasteiger partial charge in [0.15, 0.2) is 0 Å². The van der Waals surface area contributed by atoms with Crippen LogP contribution in [0.15, 0.2) is 30.6 Å². The Morgan fingerprint density at radius 2 is 2.12 bits per heavy atom. The third-order valence-corrected chi connectivity index (χ3v) is 6.41. The van der Waals surface area contributed by atoms with Gasteiger partial charge in [-0.2, -0.15) is 0 Å². The van der Waals surface area contributed by atoms with Crippen LogP contribution in [0.2, 0.25) is 0 Å². The van der Waals surface area contributed by atoms with Crippen LogP contribution in [0.1, 0.15) is 34.0 Å². The van der Waals surface area contributed by atoms with Crippen molar-refractivity contribution in [1.29, 1.82) is 0 Å². The summed E-state index contributed by atoms with van der Waals surface area (Å²) in [6.45, 7) is 5.91. The molecule has 136 valence electrons. The average Bonchev–Trinajstić information content (AvgIpc) is 3.04. The zero-order valence-corrected chi connectivity index (χ0v) is 15.8. The van der Waals surface area contributed by atoms with E-state index < -0.39 is 0 Å². The normalized spacial score (nSPS) is 21.0. The molecule has 0 bridgehead atoms. The van der Waals surface area contributed by atoms with Gasteiger partial charge in [0.1, 0.15) is 5.69 Å². The monoisotopic (exact) mass is 370 g/mol. The van der Waals surface area contributed by atoms with Crippen molar-refractivity contribution < 1.29 is 9.53 Å². The maximum absolute atomic E-state index is 12.5. The fourth-order valence-electron chi connectivity index (χ4n) is 3.47. The van der Waals surface area contributed by atoms with Crippen molar-refractivity contribution in [2.45, 2.75) is 37.7 Å². The molecule has 6 nitrogen and oxygen atoms in total. The number of carbonyl (C=O) groups excluding carboxylic acids is 1. The number of aryl methyl sites for hydroxylation is 2. The first-order valence-electron chi connectivity index (χ1n) is 8.79. The number of amides is 1. The van der Waals surface area contributed by atoms with E-state index in [0.29, 0.717) is 12.3 Å². The second-order valence-electron chi connectivity index (χ2n) is 7.11. The Bertz CT molecular complexity index is 805. The second-order valence-corrected chi connectivity index (χ2v) is 8.59. The summed E-state index contributed by atoms with van der Waals surface area (Å²) in [6, 6.07) is 5.99. The van der Waals surface area contributed by atoms with Gasteiger partial charge in [-0.25, -0.2) is 4.98 Å². The highest BCUT2D eigenvalue weighted by atomic mass is 32.2. The molecule has 2 aliphatic heterocycles. The zero-order chi connectivity index (χ0) is 18.1. The van der Waals surface area contributed by atoms with Gasteiger partial charge in [-0.15, -0.1) is 11.8 Å². The van der Waals surface area contributed by atoms with E-state index in [-0.39, 0.29) is 16.8 Å². The Hall–Kier alpha value is -1.99. The zero-order valence-electron chi connectivity index (χ0n) is 15.0. The van der Waals surface area contributed by atoms with Gasteiger partial charge in [-0.3, -0.25) is 14.8 Å². The molecular formula is C19H22N4O2S. The van der Waals surface area contributed by atoms with E-state index in [2.05, 4.69) is 15.0 Å². The Labute approximate surface area is 157 Å². The summed E-state index contributed by atoms with van der Waals surface area (Å²) in [5, 5.41) is 0. The van der Waals surface area contributed by atoms with Crippen LogP contribution in [0, 0.1) is 13.8 Å². The third kappa shape index (κ3) is 3.59. The molecule has 1 atom stereocenters. The van der Waals surface area contributed by atoms with Crippen molar-refractivity contribution in [1.82, 2.24) is 19.9 Å². The van der Waals surface area contributed by atoms with E-state index in [0.717, 1.165) is 42.3 Å². The third-order valence-electron chi connectivity index (χ3n) is 4.83. The largest absolute Gasteiger partial charge is 0.371 e. The fraction of sp³-hybridized carbons (Fsp3) is 0.474. The molecule has 1 spiro atoms. The number of hydrogen-bond acceptors (Lipinski definition) is 6. The lowest BCUT2D eigenvalue weighted by atomic mass is 9.92. The van der Waals surface area contributed by atoms with Gasteiger partial charge in [0.2, 0.25) is 0 Å². The number of thioether (sulfide) groups is 1. The molecule has 0 aromatic carbocycles. The lowest BCUT2D eigenvalue weighted by Gasteiger charge is -2.47. The summed E-state index contributed by atoms with van der Waals surface area (Å²) < 4.78 is 6.20. The first-order chi connectivity index (χ1) is 12.5. The van der Waals surface area contributed by atoms with Crippen molar-refractivity contribution in [3.05, 3.63) is 53.4 Å². The van der Waals surface area contributed by atoms with Crippen LogP contribution >= 0.6 is 11.8 Å². The molecule has 0 radical (unpaired) electrons. The van der Waals surface area contributed by atoms with E-state index in [9.17, 15) is 4.79 Å². The van der Waals surface area contributed by atoms with Gasteiger partial charge in [0.05, 0.1) is 35.0 Å². The molecule has 0 N–H and O–H groups in total. The molecule has 4 rings (SSSR count). The Morgan fingerprint density at radius 3 is 2.85 bits per heavy atom. The molecule has 2 aromatic rings. The van der Waals surface area contributed by atoms with Gasteiger partial charge in [-0.05, 0) is 32.4 Å². The lowest BCUT2D eigenvalue weighted by molar-refractivity contribution is 0.0242. The van der Waals surface area contributed by atoms with E-state index >= 15 is 0 Å². The van der Waals surface area contributed by atoms with Crippen molar-refractivity contribution in [3.63, 3.8) is 0 Å². The number of likely N-dealkylation sites (tertiary alicyclic amines) is 1. The molecule has 4 heterocycles. The number of aromatic nitrogens is 3.